The van der Waals surface area contributed by atoms with Gasteiger partial charge in [0, 0.05) is 18.7 Å². The van der Waals surface area contributed by atoms with Gasteiger partial charge in [0.2, 0.25) is 0 Å². The summed E-state index contributed by atoms with van der Waals surface area (Å²) in [5.74, 6) is 0.156. The maximum absolute atomic E-state index is 13.0. The average Bonchev–Trinajstić information content (AvgIpc) is 2.51. The van der Waals surface area contributed by atoms with Crippen LogP contribution in [0.5, 0.6) is 5.75 Å². The number of ether oxygens (including phenoxy) is 1. The zero-order valence-corrected chi connectivity index (χ0v) is 12.4. The molecule has 0 heterocycles. The second-order valence-corrected chi connectivity index (χ2v) is 5.12. The van der Waals surface area contributed by atoms with Crippen LogP contribution in [-0.2, 0) is 6.54 Å². The standard InChI is InChI=1S/C16H19BFNO3/c1-12(11-22-15-7-4-6-14(18)9-15)19-10-13-5-2-3-8-16(13)17(20)21/h2-9,12,19-21H,10-11H2,1H3. The molecule has 22 heavy (non-hydrogen) atoms. The van der Waals surface area contributed by atoms with E-state index in [4.69, 9.17) is 4.74 Å². The molecule has 3 N–H and O–H groups in total. The predicted octanol–water partition coefficient (Wildman–Crippen LogP) is 1.06. The van der Waals surface area contributed by atoms with Crippen LogP contribution in [0.4, 0.5) is 4.39 Å². The molecule has 0 aliphatic carbocycles. The first kappa shape index (κ1) is 16.5. The van der Waals surface area contributed by atoms with Gasteiger partial charge in [0.15, 0.2) is 0 Å². The highest BCUT2D eigenvalue weighted by Crippen LogP contribution is 2.12. The maximum Gasteiger partial charge on any atom is 0.488 e. The van der Waals surface area contributed by atoms with Crippen LogP contribution in [0.2, 0.25) is 0 Å². The highest BCUT2D eigenvalue weighted by atomic mass is 19.1. The van der Waals surface area contributed by atoms with E-state index in [2.05, 4.69) is 5.32 Å². The molecule has 2 aromatic rings. The van der Waals surface area contributed by atoms with E-state index in [0.29, 0.717) is 24.4 Å². The van der Waals surface area contributed by atoms with Crippen LogP contribution in [0.15, 0.2) is 48.5 Å². The fourth-order valence-electron chi connectivity index (χ4n) is 2.07. The molecule has 0 saturated carbocycles. The largest absolute Gasteiger partial charge is 0.492 e. The molecule has 1 unspecified atom stereocenters. The summed E-state index contributed by atoms with van der Waals surface area (Å²) in [5, 5.41) is 21.9. The van der Waals surface area contributed by atoms with Crippen LogP contribution < -0.4 is 15.5 Å². The fourth-order valence-corrected chi connectivity index (χ4v) is 2.07. The Morgan fingerprint density at radius 3 is 2.68 bits per heavy atom. The predicted molar refractivity (Wildman–Crippen MR) is 84.5 cm³/mol. The zero-order chi connectivity index (χ0) is 15.9. The lowest BCUT2D eigenvalue weighted by Crippen LogP contribution is -2.37. The summed E-state index contributed by atoms with van der Waals surface area (Å²) in [5.41, 5.74) is 1.29. The third-order valence-electron chi connectivity index (χ3n) is 3.27. The van der Waals surface area contributed by atoms with E-state index >= 15 is 0 Å². The molecule has 0 spiro atoms. The number of benzene rings is 2. The van der Waals surface area contributed by atoms with E-state index in [1.54, 1.807) is 24.3 Å². The van der Waals surface area contributed by atoms with E-state index in [1.165, 1.54) is 12.1 Å². The van der Waals surface area contributed by atoms with Crippen molar-refractivity contribution in [3.63, 3.8) is 0 Å². The highest BCUT2D eigenvalue weighted by Gasteiger charge is 2.15. The van der Waals surface area contributed by atoms with Crippen LogP contribution in [0.1, 0.15) is 12.5 Å². The van der Waals surface area contributed by atoms with Gasteiger partial charge in [0.1, 0.15) is 18.2 Å². The molecule has 1 atom stereocenters. The summed E-state index contributed by atoms with van der Waals surface area (Å²) < 4.78 is 18.6. The molecule has 0 amide bonds. The Balaban J connectivity index is 1.84. The molecule has 116 valence electrons. The smallest absolute Gasteiger partial charge is 0.488 e. The average molecular weight is 303 g/mol. The number of hydrogen-bond acceptors (Lipinski definition) is 4. The lowest BCUT2D eigenvalue weighted by atomic mass is 9.77. The van der Waals surface area contributed by atoms with Crippen LogP contribution in [0, 0.1) is 5.82 Å². The van der Waals surface area contributed by atoms with Crippen molar-refractivity contribution in [2.75, 3.05) is 6.61 Å². The quantitative estimate of drug-likeness (QED) is 0.670. The van der Waals surface area contributed by atoms with Crippen molar-refractivity contribution < 1.29 is 19.2 Å². The Bertz CT molecular complexity index is 609. The van der Waals surface area contributed by atoms with Crippen molar-refractivity contribution in [2.24, 2.45) is 0 Å². The summed E-state index contributed by atoms with van der Waals surface area (Å²) in [6.45, 7) is 2.81. The van der Waals surface area contributed by atoms with E-state index < -0.39 is 7.12 Å². The number of halogens is 1. The van der Waals surface area contributed by atoms with E-state index in [0.717, 1.165) is 5.56 Å². The first-order valence-electron chi connectivity index (χ1n) is 7.12. The van der Waals surface area contributed by atoms with Crippen molar-refractivity contribution in [1.82, 2.24) is 5.32 Å². The SMILES string of the molecule is CC(COc1cccc(F)c1)NCc1ccccc1B(O)O. The molecule has 2 rings (SSSR count). The van der Waals surface area contributed by atoms with E-state index in [-0.39, 0.29) is 11.9 Å². The van der Waals surface area contributed by atoms with Crippen LogP contribution in [0.3, 0.4) is 0 Å². The Morgan fingerprint density at radius 2 is 1.95 bits per heavy atom. The topological polar surface area (TPSA) is 61.7 Å². The first-order valence-corrected chi connectivity index (χ1v) is 7.12. The van der Waals surface area contributed by atoms with E-state index in [1.807, 2.05) is 19.1 Å². The van der Waals surface area contributed by atoms with Crippen molar-refractivity contribution in [3.8, 4) is 5.75 Å². The summed E-state index contributed by atoms with van der Waals surface area (Å²) in [7, 11) is -1.49. The van der Waals surface area contributed by atoms with Crippen LogP contribution in [-0.4, -0.2) is 29.8 Å². The van der Waals surface area contributed by atoms with Gasteiger partial charge in [-0.2, -0.15) is 0 Å². The van der Waals surface area contributed by atoms with Crippen molar-refractivity contribution >= 4 is 12.6 Å². The molecule has 0 bridgehead atoms. The molecule has 0 aliphatic rings. The molecule has 0 aromatic heterocycles. The van der Waals surface area contributed by atoms with Gasteiger partial charge >= 0.3 is 7.12 Å². The second kappa shape index (κ2) is 7.94. The third kappa shape index (κ3) is 4.84. The van der Waals surface area contributed by atoms with Crippen molar-refractivity contribution in [3.05, 3.63) is 59.9 Å². The van der Waals surface area contributed by atoms with Gasteiger partial charge in [-0.3, -0.25) is 0 Å². The monoisotopic (exact) mass is 303 g/mol. The summed E-state index contributed by atoms with van der Waals surface area (Å²) in [6, 6.07) is 13.1. The fraction of sp³-hybridized carbons (Fsp3) is 0.250. The Morgan fingerprint density at radius 1 is 1.18 bits per heavy atom. The molecule has 6 heteroatoms. The molecule has 0 aliphatic heterocycles. The van der Waals surface area contributed by atoms with E-state index in [9.17, 15) is 14.4 Å². The summed E-state index contributed by atoms with van der Waals surface area (Å²) in [6.07, 6.45) is 0. The molecule has 0 saturated heterocycles. The normalized spacial score (nSPS) is 12.0. The minimum Gasteiger partial charge on any atom is -0.492 e. The molecule has 0 fully saturated rings. The maximum atomic E-state index is 13.0. The number of rotatable bonds is 7. The van der Waals surface area contributed by atoms with Gasteiger partial charge in [-0.15, -0.1) is 0 Å². The molecule has 2 aromatic carbocycles. The number of nitrogens with one attached hydrogen (secondary N) is 1. The Hall–Kier alpha value is -1.89. The third-order valence-corrected chi connectivity index (χ3v) is 3.27. The van der Waals surface area contributed by atoms with Gasteiger partial charge in [-0.25, -0.2) is 4.39 Å². The molecular formula is C16H19BFNO3. The zero-order valence-electron chi connectivity index (χ0n) is 12.4. The first-order chi connectivity index (χ1) is 10.6. The van der Waals surface area contributed by atoms with Gasteiger partial charge in [-0.05, 0) is 30.1 Å². The minimum atomic E-state index is -1.49. The Labute approximate surface area is 129 Å². The highest BCUT2D eigenvalue weighted by molar-refractivity contribution is 6.59. The van der Waals surface area contributed by atoms with Gasteiger partial charge in [0.05, 0.1) is 0 Å². The molecule has 4 nitrogen and oxygen atoms in total. The lowest BCUT2D eigenvalue weighted by Gasteiger charge is -2.16. The van der Waals surface area contributed by atoms with Crippen molar-refractivity contribution in [2.45, 2.75) is 19.5 Å². The Kier molecular flexibility index (Phi) is 5.95. The van der Waals surface area contributed by atoms with Gasteiger partial charge in [0.25, 0.3) is 0 Å². The minimum absolute atomic E-state index is 0.0205. The van der Waals surface area contributed by atoms with Gasteiger partial charge in [-0.1, -0.05) is 30.3 Å². The lowest BCUT2D eigenvalue weighted by molar-refractivity contribution is 0.271. The molecular weight excluding hydrogens is 284 g/mol. The second-order valence-electron chi connectivity index (χ2n) is 5.12. The van der Waals surface area contributed by atoms with Crippen LogP contribution in [0.25, 0.3) is 0 Å². The summed E-state index contributed by atoms with van der Waals surface area (Å²) in [4.78, 5) is 0. The summed E-state index contributed by atoms with van der Waals surface area (Å²) >= 11 is 0. The van der Waals surface area contributed by atoms with Crippen LogP contribution >= 0.6 is 0 Å². The number of hydrogen-bond donors (Lipinski definition) is 3. The van der Waals surface area contributed by atoms with Gasteiger partial charge < -0.3 is 20.1 Å². The molecule has 0 radical (unpaired) electrons. The van der Waals surface area contributed by atoms with Crippen molar-refractivity contribution in [1.29, 1.82) is 0 Å².